The Morgan fingerprint density at radius 1 is 1.56 bits per heavy atom. The summed E-state index contributed by atoms with van der Waals surface area (Å²) < 4.78 is 5.50. The third kappa shape index (κ3) is 3.70. The van der Waals surface area contributed by atoms with Gasteiger partial charge in [0, 0.05) is 20.2 Å². The van der Waals surface area contributed by atoms with Crippen LogP contribution in [0.5, 0.6) is 0 Å². The quantitative estimate of drug-likeness (QED) is 0.768. The van der Waals surface area contributed by atoms with E-state index in [1.807, 2.05) is 0 Å². The van der Waals surface area contributed by atoms with Gasteiger partial charge in [0.2, 0.25) is 0 Å². The molecule has 2 rings (SSSR count). The number of hydrogen-bond acceptors (Lipinski definition) is 4. The molecular formula is C13H19N3O2. The second-order valence-electron chi connectivity index (χ2n) is 4.69. The van der Waals surface area contributed by atoms with Crippen LogP contribution in [0.3, 0.4) is 0 Å². The lowest BCUT2D eigenvalue weighted by Gasteiger charge is -2.16. The minimum atomic E-state index is -0.127. The van der Waals surface area contributed by atoms with Crippen molar-refractivity contribution in [2.24, 2.45) is 5.92 Å². The van der Waals surface area contributed by atoms with E-state index < -0.39 is 0 Å². The number of rotatable bonds is 6. The van der Waals surface area contributed by atoms with Gasteiger partial charge in [-0.25, -0.2) is 4.98 Å². The van der Waals surface area contributed by atoms with Gasteiger partial charge in [-0.1, -0.05) is 6.07 Å². The Hall–Kier alpha value is -1.62. The number of hydrogen-bond donors (Lipinski definition) is 1. The summed E-state index contributed by atoms with van der Waals surface area (Å²) in [6.45, 7) is 1.96. The van der Waals surface area contributed by atoms with E-state index in [1.165, 1.54) is 12.8 Å². The number of nitrogen functional groups attached to an aromatic ring is 1. The third-order valence-corrected chi connectivity index (χ3v) is 2.96. The number of amides is 1. The van der Waals surface area contributed by atoms with E-state index in [2.05, 4.69) is 4.98 Å². The van der Waals surface area contributed by atoms with E-state index in [4.69, 9.17) is 10.5 Å². The fourth-order valence-electron chi connectivity index (χ4n) is 1.60. The summed E-state index contributed by atoms with van der Waals surface area (Å²) in [6, 6.07) is 5.06. The predicted molar refractivity (Wildman–Crippen MR) is 69.2 cm³/mol. The smallest absolute Gasteiger partial charge is 0.272 e. The topological polar surface area (TPSA) is 68.5 Å². The van der Waals surface area contributed by atoms with Crippen LogP contribution >= 0.6 is 0 Å². The summed E-state index contributed by atoms with van der Waals surface area (Å²) in [4.78, 5) is 17.6. The zero-order valence-electron chi connectivity index (χ0n) is 10.6. The van der Waals surface area contributed by atoms with Gasteiger partial charge in [0.1, 0.15) is 11.5 Å². The van der Waals surface area contributed by atoms with Crippen molar-refractivity contribution in [3.8, 4) is 0 Å². The molecule has 0 unspecified atom stereocenters. The van der Waals surface area contributed by atoms with Crippen molar-refractivity contribution in [3.05, 3.63) is 23.9 Å². The van der Waals surface area contributed by atoms with Crippen LogP contribution in [0, 0.1) is 5.92 Å². The lowest BCUT2D eigenvalue weighted by Crippen LogP contribution is -2.31. The molecule has 2 N–H and O–H groups in total. The highest BCUT2D eigenvalue weighted by molar-refractivity contribution is 5.92. The van der Waals surface area contributed by atoms with Gasteiger partial charge in [-0.2, -0.15) is 0 Å². The summed E-state index contributed by atoms with van der Waals surface area (Å²) >= 11 is 0. The molecule has 18 heavy (non-hydrogen) atoms. The largest absolute Gasteiger partial charge is 0.384 e. The number of ether oxygens (including phenoxy) is 1. The molecule has 5 nitrogen and oxygen atoms in total. The van der Waals surface area contributed by atoms with Crippen molar-refractivity contribution in [1.82, 2.24) is 9.88 Å². The zero-order chi connectivity index (χ0) is 13.0. The van der Waals surface area contributed by atoms with E-state index in [0.29, 0.717) is 24.7 Å². The van der Waals surface area contributed by atoms with Crippen LogP contribution in [0.25, 0.3) is 0 Å². The summed E-state index contributed by atoms with van der Waals surface area (Å²) in [6.07, 6.45) is 2.56. The normalized spacial score (nSPS) is 14.5. The van der Waals surface area contributed by atoms with Crippen LogP contribution < -0.4 is 5.73 Å². The molecule has 0 radical (unpaired) electrons. The summed E-state index contributed by atoms with van der Waals surface area (Å²) in [5.41, 5.74) is 5.93. The lowest BCUT2D eigenvalue weighted by molar-refractivity contribution is 0.0676. The highest BCUT2D eigenvalue weighted by Gasteiger charge is 2.21. The second-order valence-corrected chi connectivity index (χ2v) is 4.69. The summed E-state index contributed by atoms with van der Waals surface area (Å²) in [5.74, 6) is 0.984. The Labute approximate surface area is 107 Å². The summed E-state index contributed by atoms with van der Waals surface area (Å²) in [5, 5.41) is 0. The average Bonchev–Trinajstić information content (AvgIpc) is 3.17. The molecular weight excluding hydrogens is 230 g/mol. The number of carbonyl (C=O) groups excluding carboxylic acids is 1. The third-order valence-electron chi connectivity index (χ3n) is 2.96. The highest BCUT2D eigenvalue weighted by atomic mass is 16.5. The number of anilines is 1. The molecule has 1 amide bonds. The molecule has 1 heterocycles. The van der Waals surface area contributed by atoms with Gasteiger partial charge in [0.25, 0.3) is 5.91 Å². The average molecular weight is 249 g/mol. The molecule has 1 aromatic heterocycles. The second kappa shape index (κ2) is 5.82. The predicted octanol–water partition coefficient (Wildman–Crippen LogP) is 1.16. The Morgan fingerprint density at radius 3 is 3.00 bits per heavy atom. The molecule has 0 aromatic carbocycles. The first-order chi connectivity index (χ1) is 8.66. The van der Waals surface area contributed by atoms with Gasteiger partial charge in [-0.15, -0.1) is 0 Å². The molecule has 1 aliphatic rings. The molecule has 0 bridgehead atoms. The maximum Gasteiger partial charge on any atom is 0.272 e. The fourth-order valence-corrected chi connectivity index (χ4v) is 1.60. The van der Waals surface area contributed by atoms with E-state index in [1.54, 1.807) is 30.1 Å². The fraction of sp³-hybridized carbons (Fsp3) is 0.538. The number of nitrogens with zero attached hydrogens (tertiary/aromatic N) is 2. The maximum absolute atomic E-state index is 12.0. The SMILES string of the molecule is CN(CCOCC1CC1)C(=O)c1cccc(N)n1. The number of pyridine rings is 1. The zero-order valence-corrected chi connectivity index (χ0v) is 10.6. The molecule has 0 aliphatic heterocycles. The van der Waals surface area contributed by atoms with Crippen LogP contribution in [0.1, 0.15) is 23.3 Å². The Balaban J connectivity index is 1.76. The molecule has 1 fully saturated rings. The van der Waals surface area contributed by atoms with Crippen molar-refractivity contribution < 1.29 is 9.53 Å². The molecule has 0 saturated heterocycles. The van der Waals surface area contributed by atoms with Crippen molar-refractivity contribution in [2.75, 3.05) is 32.5 Å². The van der Waals surface area contributed by atoms with Crippen molar-refractivity contribution in [2.45, 2.75) is 12.8 Å². The van der Waals surface area contributed by atoms with Gasteiger partial charge in [-0.05, 0) is 30.9 Å². The summed E-state index contributed by atoms with van der Waals surface area (Å²) in [7, 11) is 1.74. The highest BCUT2D eigenvalue weighted by Crippen LogP contribution is 2.28. The van der Waals surface area contributed by atoms with Gasteiger partial charge >= 0.3 is 0 Å². The van der Waals surface area contributed by atoms with Crippen molar-refractivity contribution in [1.29, 1.82) is 0 Å². The lowest BCUT2D eigenvalue weighted by atomic mass is 10.3. The van der Waals surface area contributed by atoms with Crippen LogP contribution in [-0.2, 0) is 4.74 Å². The molecule has 0 spiro atoms. The number of likely N-dealkylation sites (N-methyl/N-ethyl adjacent to an activating group) is 1. The van der Waals surface area contributed by atoms with E-state index >= 15 is 0 Å². The van der Waals surface area contributed by atoms with E-state index in [9.17, 15) is 4.79 Å². The van der Waals surface area contributed by atoms with Gasteiger partial charge in [0.15, 0.2) is 0 Å². The van der Waals surface area contributed by atoms with E-state index in [0.717, 1.165) is 12.5 Å². The number of nitrogens with two attached hydrogens (primary N) is 1. The van der Waals surface area contributed by atoms with Crippen LogP contribution in [0.2, 0.25) is 0 Å². The van der Waals surface area contributed by atoms with Gasteiger partial charge in [-0.3, -0.25) is 4.79 Å². The molecule has 98 valence electrons. The van der Waals surface area contributed by atoms with Gasteiger partial charge < -0.3 is 15.4 Å². The van der Waals surface area contributed by atoms with Crippen LogP contribution in [0.15, 0.2) is 18.2 Å². The number of aromatic nitrogens is 1. The van der Waals surface area contributed by atoms with Crippen LogP contribution in [0.4, 0.5) is 5.82 Å². The monoisotopic (exact) mass is 249 g/mol. The van der Waals surface area contributed by atoms with E-state index in [-0.39, 0.29) is 5.91 Å². The molecule has 0 atom stereocenters. The Morgan fingerprint density at radius 2 is 2.33 bits per heavy atom. The maximum atomic E-state index is 12.0. The Bertz CT molecular complexity index is 418. The minimum Gasteiger partial charge on any atom is -0.384 e. The molecule has 1 saturated carbocycles. The van der Waals surface area contributed by atoms with Crippen molar-refractivity contribution in [3.63, 3.8) is 0 Å². The molecule has 1 aromatic rings. The standard InChI is InChI=1S/C13H19N3O2/c1-16(7-8-18-9-10-5-6-10)13(17)11-3-2-4-12(14)15-11/h2-4,10H,5-9H2,1H3,(H2,14,15). The Kier molecular flexibility index (Phi) is 4.15. The van der Waals surface area contributed by atoms with Crippen molar-refractivity contribution >= 4 is 11.7 Å². The van der Waals surface area contributed by atoms with Gasteiger partial charge in [0.05, 0.1) is 6.61 Å². The number of carbonyl (C=O) groups is 1. The first-order valence-corrected chi connectivity index (χ1v) is 6.22. The first kappa shape index (κ1) is 12.8. The van der Waals surface area contributed by atoms with Crippen LogP contribution in [-0.4, -0.2) is 42.6 Å². The molecule has 5 heteroatoms. The molecule has 1 aliphatic carbocycles. The first-order valence-electron chi connectivity index (χ1n) is 6.22. The minimum absolute atomic E-state index is 0.127.